The van der Waals surface area contributed by atoms with Crippen LogP contribution >= 0.6 is 0 Å². The minimum atomic E-state index is -3.65. The van der Waals surface area contributed by atoms with Crippen LogP contribution in [0.3, 0.4) is 0 Å². The summed E-state index contributed by atoms with van der Waals surface area (Å²) in [5.74, 6) is 1.04. The van der Waals surface area contributed by atoms with Crippen molar-refractivity contribution in [2.24, 2.45) is 0 Å². The molecular weight excluding hydrogens is 394 g/mol. The van der Waals surface area contributed by atoms with Crippen LogP contribution in [0.2, 0.25) is 0 Å². The third-order valence-electron chi connectivity index (χ3n) is 5.03. The van der Waals surface area contributed by atoms with Gasteiger partial charge in [0.2, 0.25) is 10.0 Å². The molecule has 0 bridgehead atoms. The summed E-state index contributed by atoms with van der Waals surface area (Å²) in [6.45, 7) is 2.31. The molecule has 0 spiro atoms. The molecule has 1 amide bonds. The molecule has 0 unspecified atom stereocenters. The van der Waals surface area contributed by atoms with E-state index in [2.05, 4.69) is 0 Å². The van der Waals surface area contributed by atoms with Crippen LogP contribution in [0.4, 0.5) is 5.69 Å². The van der Waals surface area contributed by atoms with Gasteiger partial charge in [0.15, 0.2) is 11.5 Å². The highest BCUT2D eigenvalue weighted by Crippen LogP contribution is 2.31. The zero-order chi connectivity index (χ0) is 20.4. The molecule has 1 fully saturated rings. The Labute approximate surface area is 169 Å². The Balaban J connectivity index is 1.48. The van der Waals surface area contributed by atoms with Gasteiger partial charge in [0.1, 0.15) is 13.2 Å². The molecule has 0 aromatic heterocycles. The molecule has 2 aromatic carbocycles. The molecule has 2 heterocycles. The number of carbonyl (C=O) groups excluding carboxylic acids is 1. The van der Waals surface area contributed by atoms with Crippen LogP contribution in [-0.4, -0.2) is 62.9 Å². The summed E-state index contributed by atoms with van der Waals surface area (Å²) in [4.78, 5) is 14.8. The number of nitrogens with zero attached hydrogens (tertiary/aromatic N) is 2. The molecule has 8 nitrogen and oxygen atoms in total. The van der Waals surface area contributed by atoms with Crippen molar-refractivity contribution in [3.05, 3.63) is 48.0 Å². The Bertz CT molecular complexity index is 1020. The maximum absolute atomic E-state index is 13.0. The minimum Gasteiger partial charge on any atom is -0.486 e. The first kappa shape index (κ1) is 19.5. The maximum Gasteiger partial charge on any atom is 0.254 e. The third kappa shape index (κ3) is 4.01. The first-order valence-electron chi connectivity index (χ1n) is 9.50. The topological polar surface area (TPSA) is 102 Å². The number of hydrogen-bond donors (Lipinski definition) is 1. The van der Waals surface area contributed by atoms with Crippen molar-refractivity contribution < 1.29 is 22.7 Å². The fourth-order valence-corrected chi connectivity index (χ4v) is 5.05. The predicted molar refractivity (Wildman–Crippen MR) is 108 cm³/mol. The summed E-state index contributed by atoms with van der Waals surface area (Å²) in [6, 6.07) is 11.4. The SMILES string of the molecule is Nc1cccc(S(=O)(=O)N2CCCN(C(=O)c3ccc4c(c3)OCCO4)CC2)c1. The third-order valence-corrected chi connectivity index (χ3v) is 6.92. The van der Waals surface area contributed by atoms with Gasteiger partial charge in [0, 0.05) is 37.4 Å². The van der Waals surface area contributed by atoms with Crippen molar-refractivity contribution in [2.75, 3.05) is 45.1 Å². The molecular formula is C20H23N3O5S. The quantitative estimate of drug-likeness (QED) is 0.761. The van der Waals surface area contributed by atoms with E-state index in [1.165, 1.54) is 16.4 Å². The van der Waals surface area contributed by atoms with E-state index in [4.69, 9.17) is 15.2 Å². The molecule has 2 N–H and O–H groups in total. The highest BCUT2D eigenvalue weighted by Gasteiger charge is 2.29. The number of anilines is 1. The summed E-state index contributed by atoms with van der Waals surface area (Å²) in [6.07, 6.45) is 0.553. The maximum atomic E-state index is 13.0. The van der Waals surface area contributed by atoms with E-state index < -0.39 is 10.0 Å². The normalized spacial score (nSPS) is 17.6. The Morgan fingerprint density at radius 3 is 2.52 bits per heavy atom. The lowest BCUT2D eigenvalue weighted by molar-refractivity contribution is 0.0763. The highest BCUT2D eigenvalue weighted by atomic mass is 32.2. The van der Waals surface area contributed by atoms with Gasteiger partial charge in [-0.15, -0.1) is 0 Å². The number of carbonyl (C=O) groups is 1. The molecule has 0 aliphatic carbocycles. The zero-order valence-electron chi connectivity index (χ0n) is 15.9. The van der Waals surface area contributed by atoms with Crippen molar-refractivity contribution in [1.82, 2.24) is 9.21 Å². The number of nitrogens with two attached hydrogens (primary N) is 1. The fraction of sp³-hybridized carbons (Fsp3) is 0.350. The average Bonchev–Trinajstić information content (AvgIpc) is 3.00. The molecule has 4 rings (SSSR count). The van der Waals surface area contributed by atoms with Crippen LogP contribution < -0.4 is 15.2 Å². The summed E-state index contributed by atoms with van der Waals surface area (Å²) in [7, 11) is -3.65. The molecule has 154 valence electrons. The Hall–Kier alpha value is -2.78. The first-order chi connectivity index (χ1) is 13.9. The number of fused-ring (bicyclic) bond motifs is 1. The van der Waals surface area contributed by atoms with Gasteiger partial charge in [-0.2, -0.15) is 4.31 Å². The van der Waals surface area contributed by atoms with E-state index in [0.717, 1.165) is 0 Å². The van der Waals surface area contributed by atoms with Crippen molar-refractivity contribution in [3.8, 4) is 11.5 Å². The van der Waals surface area contributed by atoms with Crippen molar-refractivity contribution in [2.45, 2.75) is 11.3 Å². The van der Waals surface area contributed by atoms with Gasteiger partial charge in [0.25, 0.3) is 5.91 Å². The second kappa shape index (κ2) is 7.92. The number of rotatable bonds is 3. The second-order valence-corrected chi connectivity index (χ2v) is 8.92. The molecule has 0 saturated carbocycles. The van der Waals surface area contributed by atoms with Gasteiger partial charge >= 0.3 is 0 Å². The molecule has 0 radical (unpaired) electrons. The van der Waals surface area contributed by atoms with Gasteiger partial charge < -0.3 is 20.1 Å². The monoisotopic (exact) mass is 417 g/mol. The Morgan fingerprint density at radius 2 is 1.72 bits per heavy atom. The summed E-state index contributed by atoms with van der Waals surface area (Å²) in [5, 5.41) is 0. The average molecular weight is 417 g/mol. The van der Waals surface area contributed by atoms with Gasteiger partial charge in [0.05, 0.1) is 4.90 Å². The van der Waals surface area contributed by atoms with Crippen LogP contribution in [-0.2, 0) is 10.0 Å². The van der Waals surface area contributed by atoms with Gasteiger partial charge in [-0.25, -0.2) is 8.42 Å². The summed E-state index contributed by atoms with van der Waals surface area (Å²) in [5.41, 5.74) is 6.64. The zero-order valence-corrected chi connectivity index (χ0v) is 16.7. The van der Waals surface area contributed by atoms with Crippen LogP contribution in [0.1, 0.15) is 16.8 Å². The largest absolute Gasteiger partial charge is 0.486 e. The van der Waals surface area contributed by atoms with E-state index in [1.54, 1.807) is 35.2 Å². The van der Waals surface area contributed by atoms with Crippen LogP contribution in [0.25, 0.3) is 0 Å². The molecule has 2 aliphatic rings. The predicted octanol–water partition coefficient (Wildman–Crippen LogP) is 1.58. The lowest BCUT2D eigenvalue weighted by atomic mass is 10.1. The van der Waals surface area contributed by atoms with Crippen molar-refractivity contribution in [3.63, 3.8) is 0 Å². The smallest absolute Gasteiger partial charge is 0.254 e. The lowest BCUT2D eigenvalue weighted by Gasteiger charge is -2.23. The minimum absolute atomic E-state index is 0.148. The van der Waals surface area contributed by atoms with E-state index in [-0.39, 0.29) is 17.3 Å². The molecule has 29 heavy (non-hydrogen) atoms. The number of amides is 1. The number of sulfonamides is 1. The van der Waals surface area contributed by atoms with Crippen molar-refractivity contribution >= 4 is 21.6 Å². The highest BCUT2D eigenvalue weighted by molar-refractivity contribution is 7.89. The van der Waals surface area contributed by atoms with E-state index >= 15 is 0 Å². The van der Waals surface area contributed by atoms with E-state index in [1.807, 2.05) is 0 Å². The van der Waals surface area contributed by atoms with Crippen LogP contribution in [0, 0.1) is 0 Å². The molecule has 2 aliphatic heterocycles. The molecule has 2 aromatic rings. The first-order valence-corrected chi connectivity index (χ1v) is 10.9. The lowest BCUT2D eigenvalue weighted by Crippen LogP contribution is -2.37. The molecule has 1 saturated heterocycles. The Kier molecular flexibility index (Phi) is 5.33. The molecule has 9 heteroatoms. The summed E-state index contributed by atoms with van der Waals surface area (Å²) >= 11 is 0. The number of hydrogen-bond acceptors (Lipinski definition) is 6. The van der Waals surface area contributed by atoms with Crippen LogP contribution in [0.15, 0.2) is 47.4 Å². The van der Waals surface area contributed by atoms with Crippen molar-refractivity contribution in [1.29, 1.82) is 0 Å². The van der Waals surface area contributed by atoms with Gasteiger partial charge in [-0.05, 0) is 42.8 Å². The van der Waals surface area contributed by atoms with E-state index in [9.17, 15) is 13.2 Å². The second-order valence-electron chi connectivity index (χ2n) is 6.98. The fourth-order valence-electron chi connectivity index (χ4n) is 3.52. The standard InChI is InChI=1S/C20H23N3O5S/c21-16-3-1-4-17(14-16)29(25,26)23-8-2-7-22(9-10-23)20(24)15-5-6-18-19(13-15)28-12-11-27-18/h1,3-6,13-14H,2,7-12,21H2. The van der Waals surface area contributed by atoms with Crippen LogP contribution in [0.5, 0.6) is 11.5 Å². The number of nitrogen functional groups attached to an aromatic ring is 1. The molecule has 0 atom stereocenters. The van der Waals surface area contributed by atoms with Gasteiger partial charge in [-0.1, -0.05) is 6.07 Å². The number of ether oxygens (including phenoxy) is 2. The van der Waals surface area contributed by atoms with Gasteiger partial charge in [-0.3, -0.25) is 4.79 Å². The van der Waals surface area contributed by atoms with E-state index in [0.29, 0.717) is 62.0 Å². The number of benzene rings is 2. The summed E-state index contributed by atoms with van der Waals surface area (Å²) < 4.78 is 38.3. The Morgan fingerprint density at radius 1 is 0.931 bits per heavy atom.